The van der Waals surface area contributed by atoms with Crippen molar-refractivity contribution in [3.63, 3.8) is 0 Å². The summed E-state index contributed by atoms with van der Waals surface area (Å²) in [5.41, 5.74) is 0.977. The highest BCUT2D eigenvalue weighted by molar-refractivity contribution is 5.33. The fraction of sp³-hybridized carbons (Fsp3) is 0.722. The van der Waals surface area contributed by atoms with Crippen molar-refractivity contribution in [3.05, 3.63) is 17.5 Å². The van der Waals surface area contributed by atoms with Gasteiger partial charge in [-0.1, -0.05) is 5.16 Å². The first-order valence-corrected chi connectivity index (χ1v) is 8.80. The van der Waals surface area contributed by atoms with E-state index in [1.54, 1.807) is 0 Å². The van der Waals surface area contributed by atoms with E-state index in [0.29, 0.717) is 0 Å². The summed E-state index contributed by atoms with van der Waals surface area (Å²) in [5, 5.41) is 17.8. The number of nitrogens with zero attached hydrogens (tertiary/aromatic N) is 3. The largest absolute Gasteiger partial charge is 0.483 e. The predicted octanol–water partition coefficient (Wildman–Crippen LogP) is 1.94. The van der Waals surface area contributed by atoms with E-state index in [-0.39, 0.29) is 12.9 Å². The number of carboxylic acid groups (broad SMARTS) is 2. The third-order valence-electron chi connectivity index (χ3n) is 5.40. The van der Waals surface area contributed by atoms with Gasteiger partial charge in [0.25, 0.3) is 12.9 Å². The number of aryl methyl sites for hydroxylation is 1. The summed E-state index contributed by atoms with van der Waals surface area (Å²) in [4.78, 5) is 21.6. The molecule has 2 aliphatic rings. The second-order valence-corrected chi connectivity index (χ2v) is 7.29. The number of fused-ring (bicyclic) bond motifs is 1. The molecule has 0 spiro atoms. The van der Waals surface area contributed by atoms with E-state index < -0.39 is 0 Å². The monoisotopic (exact) mass is 369 g/mol. The first kappa shape index (κ1) is 22.1. The average Bonchev–Trinajstić information content (AvgIpc) is 3.23. The van der Waals surface area contributed by atoms with E-state index in [1.165, 1.54) is 25.7 Å². The van der Waals surface area contributed by atoms with Gasteiger partial charge in [-0.05, 0) is 65.6 Å². The standard InChI is InChI=1S/C16H27N3O.2CH2O2/c1-11-5-16(20-17-11)10-19(4)15-8-12-6-14(18(2)3)7-13(12)9-15;2*2-1-3/h5,12-15H,6-10H2,1-4H3;2*1H,(H,2,3)/t12-,13+,14?,15?;;. The molecule has 2 saturated carbocycles. The molecule has 3 rings (SSSR count). The lowest BCUT2D eigenvalue weighted by Crippen LogP contribution is -2.31. The molecule has 0 bridgehead atoms. The van der Waals surface area contributed by atoms with Crippen LogP contribution in [0, 0.1) is 18.8 Å². The molecule has 1 aromatic rings. The smallest absolute Gasteiger partial charge is 0.290 e. The van der Waals surface area contributed by atoms with Gasteiger partial charge < -0.3 is 19.6 Å². The van der Waals surface area contributed by atoms with Crippen molar-refractivity contribution in [1.29, 1.82) is 0 Å². The molecule has 0 saturated heterocycles. The summed E-state index contributed by atoms with van der Waals surface area (Å²) in [6.07, 6.45) is 5.50. The van der Waals surface area contributed by atoms with Crippen molar-refractivity contribution in [2.75, 3.05) is 21.1 Å². The number of carbonyl (C=O) groups is 2. The molecule has 1 heterocycles. The van der Waals surface area contributed by atoms with Crippen molar-refractivity contribution in [3.8, 4) is 0 Å². The molecule has 2 aliphatic carbocycles. The maximum Gasteiger partial charge on any atom is 0.290 e. The van der Waals surface area contributed by atoms with Crippen LogP contribution in [0.3, 0.4) is 0 Å². The quantitative estimate of drug-likeness (QED) is 0.776. The highest BCUT2D eigenvalue weighted by atomic mass is 16.5. The van der Waals surface area contributed by atoms with E-state index in [9.17, 15) is 0 Å². The molecule has 0 aliphatic heterocycles. The second-order valence-electron chi connectivity index (χ2n) is 7.29. The van der Waals surface area contributed by atoms with Gasteiger partial charge in [0.2, 0.25) is 0 Å². The van der Waals surface area contributed by atoms with Gasteiger partial charge in [0, 0.05) is 18.2 Å². The van der Waals surface area contributed by atoms with Crippen molar-refractivity contribution in [1.82, 2.24) is 15.0 Å². The van der Waals surface area contributed by atoms with Gasteiger partial charge in [0.15, 0.2) is 5.76 Å². The Hall–Kier alpha value is -1.93. The number of hydrogen-bond acceptors (Lipinski definition) is 6. The Kier molecular flexibility index (Phi) is 9.29. The van der Waals surface area contributed by atoms with Gasteiger partial charge in [-0.25, -0.2) is 0 Å². The predicted molar refractivity (Wildman–Crippen MR) is 96.8 cm³/mol. The zero-order chi connectivity index (χ0) is 19.7. The van der Waals surface area contributed by atoms with Gasteiger partial charge in [0.1, 0.15) is 0 Å². The first-order valence-electron chi connectivity index (χ1n) is 8.80. The molecule has 8 nitrogen and oxygen atoms in total. The topological polar surface area (TPSA) is 107 Å². The Balaban J connectivity index is 0.000000499. The highest BCUT2D eigenvalue weighted by Crippen LogP contribution is 2.46. The van der Waals surface area contributed by atoms with E-state index in [4.69, 9.17) is 24.3 Å². The normalized spacial score (nSPS) is 26.5. The van der Waals surface area contributed by atoms with Crippen molar-refractivity contribution in [2.45, 2.75) is 51.2 Å². The van der Waals surface area contributed by atoms with Crippen LogP contribution < -0.4 is 0 Å². The van der Waals surface area contributed by atoms with Gasteiger partial charge in [-0.15, -0.1) is 0 Å². The van der Waals surface area contributed by atoms with Crippen LogP contribution >= 0.6 is 0 Å². The first-order chi connectivity index (χ1) is 12.4. The van der Waals surface area contributed by atoms with Crippen LogP contribution in [0.2, 0.25) is 0 Å². The minimum atomic E-state index is -0.250. The Morgan fingerprint density at radius 3 is 1.92 bits per heavy atom. The number of hydrogen-bond donors (Lipinski definition) is 2. The van der Waals surface area contributed by atoms with E-state index in [0.717, 1.165) is 41.9 Å². The SMILES string of the molecule is Cc1cc(CN(C)C2C[C@H]3CC(N(C)C)C[C@H]3C2)on1.O=CO.O=CO. The molecular weight excluding hydrogens is 338 g/mol. The Bertz CT molecular complexity index is 529. The highest BCUT2D eigenvalue weighted by Gasteiger charge is 2.43. The second kappa shape index (κ2) is 10.9. The van der Waals surface area contributed by atoms with Crippen LogP contribution in [0.1, 0.15) is 37.1 Å². The molecular formula is C18H31N3O5. The van der Waals surface area contributed by atoms with Gasteiger partial charge in [0.05, 0.1) is 12.2 Å². The lowest BCUT2D eigenvalue weighted by atomic mass is 10.0. The van der Waals surface area contributed by atoms with Crippen LogP contribution in [0.25, 0.3) is 0 Å². The molecule has 148 valence electrons. The molecule has 0 amide bonds. The van der Waals surface area contributed by atoms with Crippen molar-refractivity contribution >= 4 is 12.9 Å². The molecule has 8 heteroatoms. The Morgan fingerprint density at radius 1 is 1.08 bits per heavy atom. The number of aromatic nitrogens is 1. The molecule has 0 radical (unpaired) electrons. The lowest BCUT2D eigenvalue weighted by Gasteiger charge is -2.26. The van der Waals surface area contributed by atoms with Crippen LogP contribution in [0.4, 0.5) is 0 Å². The minimum absolute atomic E-state index is 0.250. The minimum Gasteiger partial charge on any atom is -0.483 e. The van der Waals surface area contributed by atoms with Gasteiger partial charge in [-0.3, -0.25) is 14.5 Å². The van der Waals surface area contributed by atoms with Gasteiger partial charge in [-0.2, -0.15) is 0 Å². The Morgan fingerprint density at radius 2 is 1.54 bits per heavy atom. The fourth-order valence-electron chi connectivity index (χ4n) is 4.20. The average molecular weight is 369 g/mol. The summed E-state index contributed by atoms with van der Waals surface area (Å²) < 4.78 is 5.34. The maximum atomic E-state index is 8.36. The molecule has 2 N–H and O–H groups in total. The van der Waals surface area contributed by atoms with E-state index in [2.05, 4.69) is 36.1 Å². The summed E-state index contributed by atoms with van der Waals surface area (Å²) in [6, 6.07) is 3.58. The molecule has 26 heavy (non-hydrogen) atoms. The molecule has 0 aromatic carbocycles. The maximum absolute atomic E-state index is 8.36. The number of rotatable bonds is 4. The molecule has 4 atom stereocenters. The third kappa shape index (κ3) is 6.42. The molecule has 1 aromatic heterocycles. The van der Waals surface area contributed by atoms with E-state index >= 15 is 0 Å². The van der Waals surface area contributed by atoms with E-state index in [1.807, 2.05) is 13.0 Å². The zero-order valence-electron chi connectivity index (χ0n) is 16.0. The molecule has 2 fully saturated rings. The zero-order valence-corrected chi connectivity index (χ0v) is 16.0. The Labute approximate surface area is 154 Å². The summed E-state index contributed by atoms with van der Waals surface area (Å²) in [5.74, 6) is 2.87. The summed E-state index contributed by atoms with van der Waals surface area (Å²) >= 11 is 0. The fourth-order valence-corrected chi connectivity index (χ4v) is 4.20. The lowest BCUT2D eigenvalue weighted by molar-refractivity contribution is -0.123. The van der Waals surface area contributed by atoms with Crippen LogP contribution in [-0.2, 0) is 16.1 Å². The molecule has 2 unspecified atom stereocenters. The van der Waals surface area contributed by atoms with Crippen LogP contribution in [0.5, 0.6) is 0 Å². The summed E-state index contributed by atoms with van der Waals surface area (Å²) in [7, 11) is 6.68. The summed E-state index contributed by atoms with van der Waals surface area (Å²) in [6.45, 7) is 2.37. The van der Waals surface area contributed by atoms with Crippen molar-refractivity contribution in [2.24, 2.45) is 11.8 Å². The van der Waals surface area contributed by atoms with Crippen molar-refractivity contribution < 1.29 is 24.3 Å². The van der Waals surface area contributed by atoms with Gasteiger partial charge >= 0.3 is 0 Å². The van der Waals surface area contributed by atoms with Crippen LogP contribution in [0.15, 0.2) is 10.6 Å². The van der Waals surface area contributed by atoms with Crippen LogP contribution in [-0.4, -0.2) is 71.3 Å². The third-order valence-corrected chi connectivity index (χ3v) is 5.40.